The summed E-state index contributed by atoms with van der Waals surface area (Å²) < 4.78 is 13.1. The van der Waals surface area contributed by atoms with Crippen molar-refractivity contribution in [2.75, 3.05) is 6.54 Å². The van der Waals surface area contributed by atoms with Crippen LogP contribution in [0.15, 0.2) is 18.2 Å². The van der Waals surface area contributed by atoms with E-state index < -0.39 is 28.4 Å². The molecule has 0 aliphatic rings. The van der Waals surface area contributed by atoms with E-state index >= 15 is 0 Å². The van der Waals surface area contributed by atoms with Gasteiger partial charge in [0.15, 0.2) is 0 Å². The minimum atomic E-state index is -0.779. The van der Waals surface area contributed by atoms with Gasteiger partial charge in [-0.1, -0.05) is 13.8 Å². The maximum atomic E-state index is 13.1. The van der Waals surface area contributed by atoms with Gasteiger partial charge in [-0.2, -0.15) is 0 Å². The van der Waals surface area contributed by atoms with Crippen LogP contribution in [-0.2, 0) is 0 Å². The highest BCUT2D eigenvalue weighted by Crippen LogP contribution is 2.19. The van der Waals surface area contributed by atoms with Crippen molar-refractivity contribution in [2.24, 2.45) is 5.92 Å². The van der Waals surface area contributed by atoms with Crippen LogP contribution in [0.3, 0.4) is 0 Å². The van der Waals surface area contributed by atoms with Gasteiger partial charge >= 0.3 is 0 Å². The number of nitro benzene ring substituents is 1. The minimum absolute atomic E-state index is 0.0370. The lowest BCUT2D eigenvalue weighted by Crippen LogP contribution is -2.33. The molecule has 2 N–H and O–H groups in total. The Kier molecular flexibility index (Phi) is 5.57. The SMILES string of the molecule is CC(C)CC(O)CNC(=O)c1cc(F)ccc1[N+](=O)[O-]. The maximum Gasteiger partial charge on any atom is 0.282 e. The van der Waals surface area contributed by atoms with Crippen molar-refractivity contribution >= 4 is 11.6 Å². The van der Waals surface area contributed by atoms with Crippen LogP contribution in [0.25, 0.3) is 0 Å². The first-order chi connectivity index (χ1) is 9.31. The Morgan fingerprint density at radius 2 is 2.15 bits per heavy atom. The molecule has 0 saturated heterocycles. The van der Waals surface area contributed by atoms with Crippen molar-refractivity contribution in [1.29, 1.82) is 0 Å². The van der Waals surface area contributed by atoms with Crippen LogP contribution in [0.2, 0.25) is 0 Å². The topological polar surface area (TPSA) is 92.5 Å². The van der Waals surface area contributed by atoms with Crippen LogP contribution < -0.4 is 5.32 Å². The Balaban J connectivity index is 2.77. The Morgan fingerprint density at radius 1 is 1.50 bits per heavy atom. The van der Waals surface area contributed by atoms with Gasteiger partial charge in [0, 0.05) is 12.6 Å². The number of hydrogen-bond acceptors (Lipinski definition) is 4. The van der Waals surface area contributed by atoms with Gasteiger partial charge in [0.05, 0.1) is 11.0 Å². The summed E-state index contributed by atoms with van der Waals surface area (Å²) in [5.41, 5.74) is -0.825. The molecule has 1 unspecified atom stereocenters. The van der Waals surface area contributed by atoms with E-state index in [1.54, 1.807) is 0 Å². The lowest BCUT2D eigenvalue weighted by Gasteiger charge is -2.13. The third-order valence-corrected chi connectivity index (χ3v) is 2.64. The van der Waals surface area contributed by atoms with Crippen molar-refractivity contribution in [2.45, 2.75) is 26.4 Å². The van der Waals surface area contributed by atoms with Gasteiger partial charge < -0.3 is 10.4 Å². The highest BCUT2D eigenvalue weighted by Gasteiger charge is 2.21. The molecule has 0 aliphatic carbocycles. The van der Waals surface area contributed by atoms with Gasteiger partial charge in [-0.05, 0) is 24.5 Å². The first-order valence-electron chi connectivity index (χ1n) is 6.21. The van der Waals surface area contributed by atoms with Gasteiger partial charge in [0.2, 0.25) is 0 Å². The Morgan fingerprint density at radius 3 is 2.70 bits per heavy atom. The molecule has 0 heterocycles. The highest BCUT2D eigenvalue weighted by atomic mass is 19.1. The van der Waals surface area contributed by atoms with Gasteiger partial charge in [-0.3, -0.25) is 14.9 Å². The summed E-state index contributed by atoms with van der Waals surface area (Å²) in [6.07, 6.45) is -0.252. The summed E-state index contributed by atoms with van der Waals surface area (Å²) in [6.45, 7) is 3.80. The van der Waals surface area contributed by atoms with Gasteiger partial charge in [-0.15, -0.1) is 0 Å². The zero-order valence-corrected chi connectivity index (χ0v) is 11.3. The molecular formula is C13H17FN2O4. The first-order valence-corrected chi connectivity index (χ1v) is 6.21. The number of rotatable bonds is 6. The van der Waals surface area contributed by atoms with E-state index in [1.807, 2.05) is 13.8 Å². The third-order valence-electron chi connectivity index (χ3n) is 2.64. The van der Waals surface area contributed by atoms with Gasteiger partial charge in [-0.25, -0.2) is 4.39 Å². The molecule has 1 atom stereocenters. The number of benzene rings is 1. The minimum Gasteiger partial charge on any atom is -0.391 e. The number of aliphatic hydroxyl groups excluding tert-OH is 1. The average Bonchev–Trinajstić information content (AvgIpc) is 2.34. The van der Waals surface area contributed by atoms with Crippen LogP contribution in [0.1, 0.15) is 30.6 Å². The number of nitrogens with zero attached hydrogens (tertiary/aromatic N) is 1. The zero-order valence-electron chi connectivity index (χ0n) is 11.3. The molecule has 0 saturated carbocycles. The first kappa shape index (κ1) is 16.0. The summed E-state index contributed by atoms with van der Waals surface area (Å²) in [5.74, 6) is -1.26. The summed E-state index contributed by atoms with van der Waals surface area (Å²) in [7, 11) is 0. The molecule has 0 bridgehead atoms. The molecule has 6 nitrogen and oxygen atoms in total. The van der Waals surface area contributed by atoms with Crippen molar-refractivity contribution in [3.63, 3.8) is 0 Å². The fourth-order valence-electron chi connectivity index (χ4n) is 1.78. The predicted octanol–water partition coefficient (Wildman–Crippen LogP) is 1.87. The van der Waals surface area contributed by atoms with Crippen LogP contribution in [0, 0.1) is 21.8 Å². The monoisotopic (exact) mass is 284 g/mol. The van der Waals surface area contributed by atoms with Crippen molar-refractivity contribution in [1.82, 2.24) is 5.32 Å². The molecule has 0 spiro atoms. The number of hydrogen-bond donors (Lipinski definition) is 2. The smallest absolute Gasteiger partial charge is 0.282 e. The van der Waals surface area contributed by atoms with Crippen molar-refractivity contribution in [3.05, 3.63) is 39.7 Å². The average molecular weight is 284 g/mol. The quantitative estimate of drug-likeness (QED) is 0.616. The van der Waals surface area contributed by atoms with E-state index in [9.17, 15) is 24.4 Å². The normalized spacial score (nSPS) is 12.2. The highest BCUT2D eigenvalue weighted by molar-refractivity contribution is 5.98. The third kappa shape index (κ3) is 4.58. The second-order valence-electron chi connectivity index (χ2n) is 4.91. The summed E-state index contributed by atoms with van der Waals surface area (Å²) in [4.78, 5) is 21.8. The molecule has 1 aromatic rings. The van der Waals surface area contributed by atoms with E-state index in [4.69, 9.17) is 0 Å². The standard InChI is InChI=1S/C13H17FN2O4/c1-8(2)5-10(17)7-15-13(18)11-6-9(14)3-4-12(11)16(19)20/h3-4,6,8,10,17H,5,7H2,1-2H3,(H,15,18). The predicted molar refractivity (Wildman–Crippen MR) is 70.8 cm³/mol. The number of nitro groups is 1. The van der Waals surface area contributed by atoms with Crippen LogP contribution in [-0.4, -0.2) is 28.6 Å². The van der Waals surface area contributed by atoms with Gasteiger partial charge in [0.1, 0.15) is 11.4 Å². The van der Waals surface area contributed by atoms with Crippen molar-refractivity contribution in [3.8, 4) is 0 Å². The number of amides is 1. The largest absolute Gasteiger partial charge is 0.391 e. The lowest BCUT2D eigenvalue weighted by molar-refractivity contribution is -0.385. The Labute approximate surface area is 115 Å². The van der Waals surface area contributed by atoms with E-state index in [0.717, 1.165) is 18.2 Å². The molecule has 20 heavy (non-hydrogen) atoms. The number of carbonyl (C=O) groups is 1. The maximum absolute atomic E-state index is 13.1. The molecule has 1 aromatic carbocycles. The van der Waals surface area contributed by atoms with Crippen LogP contribution in [0.5, 0.6) is 0 Å². The lowest BCUT2D eigenvalue weighted by atomic mass is 10.1. The molecule has 0 aromatic heterocycles. The molecule has 110 valence electrons. The zero-order chi connectivity index (χ0) is 15.3. The molecular weight excluding hydrogens is 267 g/mol. The number of aliphatic hydroxyl groups is 1. The Hall–Kier alpha value is -2.02. The molecule has 0 fully saturated rings. The summed E-state index contributed by atoms with van der Waals surface area (Å²) >= 11 is 0. The molecule has 7 heteroatoms. The Bertz CT molecular complexity index is 505. The fourth-order valence-corrected chi connectivity index (χ4v) is 1.78. The van der Waals surface area contributed by atoms with Crippen molar-refractivity contribution < 1.29 is 19.2 Å². The van der Waals surface area contributed by atoms with E-state index in [-0.39, 0.29) is 18.0 Å². The second-order valence-corrected chi connectivity index (χ2v) is 4.91. The van der Waals surface area contributed by atoms with Crippen LogP contribution in [0.4, 0.5) is 10.1 Å². The number of nitrogens with one attached hydrogen (secondary N) is 1. The second kappa shape index (κ2) is 6.95. The fraction of sp³-hybridized carbons (Fsp3) is 0.462. The molecule has 1 amide bonds. The van der Waals surface area contributed by atoms with Crippen LogP contribution >= 0.6 is 0 Å². The van der Waals surface area contributed by atoms with E-state index in [0.29, 0.717) is 6.42 Å². The summed E-state index contributed by atoms with van der Waals surface area (Å²) in [6, 6.07) is 2.67. The van der Waals surface area contributed by atoms with E-state index in [1.165, 1.54) is 0 Å². The molecule has 1 rings (SSSR count). The number of halogens is 1. The van der Waals surface area contributed by atoms with Gasteiger partial charge in [0.25, 0.3) is 11.6 Å². The summed E-state index contributed by atoms with van der Waals surface area (Å²) in [5, 5.41) is 22.8. The number of carbonyl (C=O) groups excluding carboxylic acids is 1. The van der Waals surface area contributed by atoms with E-state index in [2.05, 4.69) is 5.32 Å². The molecule has 0 aliphatic heterocycles. The molecule has 0 radical (unpaired) electrons.